The molecule has 0 aliphatic carbocycles. The molecule has 2 rings (SSSR count). The average Bonchev–Trinajstić information content (AvgIpc) is 2.78. The van der Waals surface area contributed by atoms with Crippen LogP contribution in [0, 0.1) is 5.82 Å². The Bertz CT molecular complexity index is 482. The molecule has 0 saturated heterocycles. The van der Waals surface area contributed by atoms with Gasteiger partial charge in [-0.15, -0.1) is 0 Å². The van der Waals surface area contributed by atoms with E-state index < -0.39 is 0 Å². The van der Waals surface area contributed by atoms with Crippen molar-refractivity contribution in [2.24, 2.45) is 0 Å². The van der Waals surface area contributed by atoms with E-state index >= 15 is 0 Å². The van der Waals surface area contributed by atoms with Crippen molar-refractivity contribution in [1.82, 2.24) is 20.4 Å². The number of hydrogen-bond donors (Lipinski definition) is 1. The summed E-state index contributed by atoms with van der Waals surface area (Å²) in [4.78, 5) is 8.08. The molecule has 1 N–H and O–H groups in total. The van der Waals surface area contributed by atoms with Crippen LogP contribution in [-0.2, 0) is 6.42 Å². The van der Waals surface area contributed by atoms with Crippen LogP contribution >= 0.6 is 0 Å². The van der Waals surface area contributed by atoms with Crippen molar-refractivity contribution in [3.8, 4) is 11.5 Å². The minimum Gasteiger partial charge on any atom is -0.339 e. The molecule has 2 heterocycles. The Morgan fingerprint density at radius 3 is 2.94 bits per heavy atom. The van der Waals surface area contributed by atoms with Gasteiger partial charge < -0.3 is 9.84 Å². The molecule has 2 aromatic heterocycles. The van der Waals surface area contributed by atoms with Crippen LogP contribution in [-0.4, -0.2) is 28.2 Å². The van der Waals surface area contributed by atoms with E-state index in [9.17, 15) is 4.39 Å². The third-order valence-corrected chi connectivity index (χ3v) is 2.40. The lowest BCUT2D eigenvalue weighted by molar-refractivity contribution is 0.365. The van der Waals surface area contributed by atoms with E-state index in [1.165, 1.54) is 12.1 Å². The third kappa shape index (κ3) is 2.85. The molecular formula is C11H13FN4O. The van der Waals surface area contributed by atoms with E-state index in [4.69, 9.17) is 4.52 Å². The van der Waals surface area contributed by atoms with Crippen LogP contribution < -0.4 is 5.32 Å². The molecular weight excluding hydrogens is 223 g/mol. The maximum Gasteiger partial charge on any atom is 0.228 e. The maximum absolute atomic E-state index is 12.7. The summed E-state index contributed by atoms with van der Waals surface area (Å²) in [6, 6.07) is 3.09. The van der Waals surface area contributed by atoms with Crippen molar-refractivity contribution < 1.29 is 8.91 Å². The van der Waals surface area contributed by atoms with Crippen LogP contribution in [0.4, 0.5) is 4.39 Å². The van der Waals surface area contributed by atoms with Gasteiger partial charge in [0, 0.05) is 12.5 Å². The van der Waals surface area contributed by atoms with Gasteiger partial charge in [-0.3, -0.25) is 0 Å². The summed E-state index contributed by atoms with van der Waals surface area (Å²) >= 11 is 0. The SMILES string of the molecule is CNC(C)Cc1nc(-c2ccc(F)cn2)no1. The normalized spacial score (nSPS) is 12.6. The summed E-state index contributed by atoms with van der Waals surface area (Å²) in [7, 11) is 1.86. The molecule has 1 unspecified atom stereocenters. The van der Waals surface area contributed by atoms with Gasteiger partial charge in [-0.1, -0.05) is 5.16 Å². The second-order valence-corrected chi connectivity index (χ2v) is 3.77. The summed E-state index contributed by atoms with van der Waals surface area (Å²) < 4.78 is 17.8. The third-order valence-electron chi connectivity index (χ3n) is 2.40. The van der Waals surface area contributed by atoms with Gasteiger partial charge in [0.15, 0.2) is 0 Å². The summed E-state index contributed by atoms with van der Waals surface area (Å²) in [5.74, 6) is 0.526. The average molecular weight is 236 g/mol. The second kappa shape index (κ2) is 5.01. The molecule has 0 aliphatic heterocycles. The van der Waals surface area contributed by atoms with Crippen LogP contribution in [0.2, 0.25) is 0 Å². The standard InChI is InChI=1S/C11H13FN4O/c1-7(13-2)5-10-15-11(16-17-10)9-4-3-8(12)6-14-9/h3-4,6-7,13H,5H2,1-2H3. The molecule has 0 aromatic carbocycles. The predicted molar refractivity (Wildman–Crippen MR) is 59.7 cm³/mol. The van der Waals surface area contributed by atoms with Crippen LogP contribution in [0.25, 0.3) is 11.5 Å². The fourth-order valence-electron chi connectivity index (χ4n) is 1.31. The van der Waals surface area contributed by atoms with Gasteiger partial charge in [-0.25, -0.2) is 9.37 Å². The molecule has 0 radical (unpaired) electrons. The summed E-state index contributed by atoms with van der Waals surface area (Å²) in [5, 5.41) is 6.88. The van der Waals surface area contributed by atoms with Crippen LogP contribution in [0.1, 0.15) is 12.8 Å². The Labute approximate surface area is 98.1 Å². The molecule has 0 aliphatic rings. The molecule has 5 nitrogen and oxygen atoms in total. The molecule has 0 fully saturated rings. The molecule has 6 heteroatoms. The minimum atomic E-state index is -0.388. The lowest BCUT2D eigenvalue weighted by atomic mass is 10.2. The molecule has 0 bridgehead atoms. The Hall–Kier alpha value is -1.82. The van der Waals surface area contributed by atoms with E-state index in [0.717, 1.165) is 6.20 Å². The summed E-state index contributed by atoms with van der Waals surface area (Å²) in [6.45, 7) is 2.01. The first-order chi connectivity index (χ1) is 8.19. The quantitative estimate of drug-likeness (QED) is 0.869. The fraction of sp³-hybridized carbons (Fsp3) is 0.364. The van der Waals surface area contributed by atoms with E-state index in [-0.39, 0.29) is 11.9 Å². The first-order valence-corrected chi connectivity index (χ1v) is 5.31. The highest BCUT2D eigenvalue weighted by molar-refractivity contribution is 5.47. The molecule has 17 heavy (non-hydrogen) atoms. The molecule has 0 saturated carbocycles. The van der Waals surface area contributed by atoms with Crippen molar-refractivity contribution in [2.45, 2.75) is 19.4 Å². The van der Waals surface area contributed by atoms with E-state index in [2.05, 4.69) is 20.4 Å². The number of nitrogens with zero attached hydrogens (tertiary/aromatic N) is 3. The first kappa shape index (κ1) is 11.7. The Morgan fingerprint density at radius 1 is 1.47 bits per heavy atom. The molecule has 2 aromatic rings. The lowest BCUT2D eigenvalue weighted by Crippen LogP contribution is -2.23. The van der Waals surface area contributed by atoms with Crippen LogP contribution in [0.5, 0.6) is 0 Å². The maximum atomic E-state index is 12.7. The highest BCUT2D eigenvalue weighted by Crippen LogP contribution is 2.13. The number of hydrogen-bond acceptors (Lipinski definition) is 5. The van der Waals surface area contributed by atoms with Crippen molar-refractivity contribution in [2.75, 3.05) is 7.05 Å². The fourth-order valence-corrected chi connectivity index (χ4v) is 1.31. The predicted octanol–water partition coefficient (Wildman–Crippen LogP) is 1.42. The molecule has 1 atom stereocenters. The zero-order chi connectivity index (χ0) is 12.3. The van der Waals surface area contributed by atoms with Gasteiger partial charge >= 0.3 is 0 Å². The summed E-state index contributed by atoms with van der Waals surface area (Å²) in [5.41, 5.74) is 0.499. The van der Waals surface area contributed by atoms with Crippen molar-refractivity contribution >= 4 is 0 Å². The number of pyridine rings is 1. The highest BCUT2D eigenvalue weighted by Gasteiger charge is 2.11. The number of halogens is 1. The van der Waals surface area contributed by atoms with Gasteiger partial charge in [0.25, 0.3) is 0 Å². The zero-order valence-electron chi connectivity index (χ0n) is 9.64. The molecule has 0 spiro atoms. The molecule has 0 amide bonds. The molecule has 90 valence electrons. The second-order valence-electron chi connectivity index (χ2n) is 3.77. The minimum absolute atomic E-state index is 0.254. The van der Waals surface area contributed by atoms with Crippen molar-refractivity contribution in [1.29, 1.82) is 0 Å². The van der Waals surface area contributed by atoms with Crippen molar-refractivity contribution in [3.05, 3.63) is 30.0 Å². The van der Waals surface area contributed by atoms with Gasteiger partial charge in [0.05, 0.1) is 6.20 Å². The Balaban J connectivity index is 2.15. The lowest BCUT2D eigenvalue weighted by Gasteiger charge is -2.04. The zero-order valence-corrected chi connectivity index (χ0v) is 9.64. The van der Waals surface area contributed by atoms with Gasteiger partial charge in [-0.05, 0) is 26.1 Å². The van der Waals surface area contributed by atoms with Crippen LogP contribution in [0.3, 0.4) is 0 Å². The van der Waals surface area contributed by atoms with E-state index in [1.807, 2.05) is 14.0 Å². The first-order valence-electron chi connectivity index (χ1n) is 5.31. The number of rotatable bonds is 4. The van der Waals surface area contributed by atoms with Gasteiger partial charge in [-0.2, -0.15) is 4.98 Å². The van der Waals surface area contributed by atoms with Crippen LogP contribution in [0.15, 0.2) is 22.9 Å². The van der Waals surface area contributed by atoms with E-state index in [0.29, 0.717) is 23.8 Å². The number of nitrogens with one attached hydrogen (secondary N) is 1. The van der Waals surface area contributed by atoms with Gasteiger partial charge in [0.1, 0.15) is 11.5 Å². The van der Waals surface area contributed by atoms with Crippen molar-refractivity contribution in [3.63, 3.8) is 0 Å². The Morgan fingerprint density at radius 2 is 2.29 bits per heavy atom. The summed E-state index contributed by atoms with van der Waals surface area (Å²) in [6.07, 6.45) is 1.77. The smallest absolute Gasteiger partial charge is 0.228 e. The highest BCUT2D eigenvalue weighted by atomic mass is 19.1. The number of likely N-dealkylation sites (N-methyl/N-ethyl adjacent to an activating group) is 1. The monoisotopic (exact) mass is 236 g/mol. The number of aromatic nitrogens is 3. The van der Waals surface area contributed by atoms with Gasteiger partial charge in [0.2, 0.25) is 11.7 Å². The Kier molecular flexibility index (Phi) is 3.43. The topological polar surface area (TPSA) is 63.8 Å². The van der Waals surface area contributed by atoms with E-state index in [1.54, 1.807) is 0 Å². The largest absolute Gasteiger partial charge is 0.339 e.